The molecule has 4 aromatic rings. The SMILES string of the molecule is CCOc1cc(-c2ccc(C(=O)OC(C)(C)C)o2)cc(P(=O)(OCc2ccccc2)OCc2ccccc2)c1. The molecule has 3 aromatic carbocycles. The Morgan fingerprint density at radius 3 is 1.95 bits per heavy atom. The number of hydrogen-bond donors (Lipinski definition) is 0. The Labute approximate surface area is 229 Å². The van der Waals surface area contributed by atoms with Gasteiger partial charge in [-0.2, -0.15) is 0 Å². The third-order valence-electron chi connectivity index (χ3n) is 5.50. The van der Waals surface area contributed by atoms with Crippen molar-refractivity contribution in [3.8, 4) is 17.1 Å². The number of ether oxygens (including phenoxy) is 2. The predicted molar refractivity (Wildman–Crippen MR) is 150 cm³/mol. The first-order valence-electron chi connectivity index (χ1n) is 12.7. The van der Waals surface area contributed by atoms with Crippen LogP contribution < -0.4 is 10.0 Å². The predicted octanol–water partition coefficient (Wildman–Crippen LogP) is 7.55. The molecule has 0 aliphatic rings. The summed E-state index contributed by atoms with van der Waals surface area (Å²) in [6.07, 6.45) is 0. The Morgan fingerprint density at radius 2 is 1.41 bits per heavy atom. The van der Waals surface area contributed by atoms with Crippen molar-refractivity contribution in [3.63, 3.8) is 0 Å². The van der Waals surface area contributed by atoms with Gasteiger partial charge in [-0.15, -0.1) is 0 Å². The molecule has 0 saturated carbocycles. The number of hydrogen-bond acceptors (Lipinski definition) is 7. The highest BCUT2D eigenvalue weighted by atomic mass is 31.2. The smallest absolute Gasteiger partial charge is 0.374 e. The van der Waals surface area contributed by atoms with Crippen molar-refractivity contribution >= 4 is 18.9 Å². The third-order valence-corrected chi connectivity index (χ3v) is 7.33. The molecule has 1 heterocycles. The van der Waals surface area contributed by atoms with Crippen molar-refractivity contribution in [1.82, 2.24) is 0 Å². The summed E-state index contributed by atoms with van der Waals surface area (Å²) in [6.45, 7) is 7.79. The maximum Gasteiger partial charge on any atom is 0.374 e. The van der Waals surface area contributed by atoms with Crippen molar-refractivity contribution in [3.05, 3.63) is 108 Å². The van der Waals surface area contributed by atoms with Gasteiger partial charge in [0.2, 0.25) is 5.76 Å². The molecule has 4 rings (SSSR count). The standard InChI is InChI=1S/C31H33O7P/c1-5-34-26-18-25(28-16-17-29(37-28)30(32)38-31(2,3)4)19-27(20-26)39(33,35-21-23-12-8-6-9-13-23)36-22-24-14-10-7-11-15-24/h6-20H,5,21-22H2,1-4H3. The summed E-state index contributed by atoms with van der Waals surface area (Å²) in [7, 11) is -3.85. The number of furan rings is 1. The van der Waals surface area contributed by atoms with Gasteiger partial charge in [0.15, 0.2) is 0 Å². The summed E-state index contributed by atoms with van der Waals surface area (Å²) < 4.78 is 43.4. The molecule has 0 spiro atoms. The first-order chi connectivity index (χ1) is 18.6. The lowest BCUT2D eigenvalue weighted by Gasteiger charge is -2.20. The molecule has 39 heavy (non-hydrogen) atoms. The number of rotatable bonds is 11. The van der Waals surface area contributed by atoms with E-state index in [9.17, 15) is 9.36 Å². The maximum atomic E-state index is 14.4. The minimum Gasteiger partial charge on any atom is -0.494 e. The maximum absolute atomic E-state index is 14.4. The minimum absolute atomic E-state index is 0.0622. The first kappa shape index (κ1) is 28.4. The molecule has 0 unspecified atom stereocenters. The second kappa shape index (κ2) is 12.5. The average Bonchev–Trinajstić information content (AvgIpc) is 3.42. The van der Waals surface area contributed by atoms with Crippen molar-refractivity contribution < 1.29 is 32.3 Å². The first-order valence-corrected chi connectivity index (χ1v) is 14.3. The highest BCUT2D eigenvalue weighted by molar-refractivity contribution is 7.62. The van der Waals surface area contributed by atoms with E-state index in [-0.39, 0.29) is 19.0 Å². The van der Waals surface area contributed by atoms with Gasteiger partial charge < -0.3 is 22.9 Å². The van der Waals surface area contributed by atoms with Crippen LogP contribution in [0.1, 0.15) is 49.4 Å². The van der Waals surface area contributed by atoms with Crippen LogP contribution in [0.5, 0.6) is 5.75 Å². The van der Waals surface area contributed by atoms with Crippen LogP contribution in [-0.2, 0) is 31.6 Å². The van der Waals surface area contributed by atoms with E-state index in [1.54, 1.807) is 51.1 Å². The van der Waals surface area contributed by atoms with Crippen LogP contribution >= 0.6 is 7.60 Å². The summed E-state index contributed by atoms with van der Waals surface area (Å²) in [5.41, 5.74) is 1.60. The molecule has 0 fully saturated rings. The van der Waals surface area contributed by atoms with Gasteiger partial charge in [0.1, 0.15) is 17.1 Å². The summed E-state index contributed by atoms with van der Waals surface area (Å²) in [6, 6.07) is 27.2. The molecule has 0 atom stereocenters. The highest BCUT2D eigenvalue weighted by Crippen LogP contribution is 2.50. The van der Waals surface area contributed by atoms with Gasteiger partial charge in [-0.25, -0.2) is 4.79 Å². The van der Waals surface area contributed by atoms with Crippen LogP contribution in [0.3, 0.4) is 0 Å². The van der Waals surface area contributed by atoms with Crippen molar-refractivity contribution in [2.45, 2.75) is 46.5 Å². The van der Waals surface area contributed by atoms with Crippen LogP contribution in [0.15, 0.2) is 95.4 Å². The molecule has 0 N–H and O–H groups in total. The zero-order valence-electron chi connectivity index (χ0n) is 22.6. The topological polar surface area (TPSA) is 84.2 Å². The fraction of sp³-hybridized carbons (Fsp3) is 0.258. The summed E-state index contributed by atoms with van der Waals surface area (Å²) in [4.78, 5) is 12.5. The molecule has 8 heteroatoms. The van der Waals surface area contributed by atoms with E-state index in [1.807, 2.05) is 67.6 Å². The fourth-order valence-corrected chi connectivity index (χ4v) is 5.31. The van der Waals surface area contributed by atoms with E-state index in [0.717, 1.165) is 11.1 Å². The minimum atomic E-state index is -3.85. The molecule has 1 aromatic heterocycles. The quantitative estimate of drug-likeness (QED) is 0.141. The van der Waals surface area contributed by atoms with Gasteiger partial charge in [0.05, 0.1) is 25.1 Å². The van der Waals surface area contributed by atoms with E-state index < -0.39 is 19.2 Å². The molecule has 0 aliphatic heterocycles. The van der Waals surface area contributed by atoms with Crippen LogP contribution in [0.2, 0.25) is 0 Å². The molecule has 204 valence electrons. The van der Waals surface area contributed by atoms with Gasteiger partial charge in [-0.3, -0.25) is 4.57 Å². The molecule has 0 saturated heterocycles. The van der Waals surface area contributed by atoms with Crippen LogP contribution in [0.25, 0.3) is 11.3 Å². The molecule has 7 nitrogen and oxygen atoms in total. The van der Waals surface area contributed by atoms with E-state index in [0.29, 0.717) is 29.0 Å². The Morgan fingerprint density at radius 1 is 0.821 bits per heavy atom. The van der Waals surface area contributed by atoms with E-state index in [1.165, 1.54) is 0 Å². The summed E-state index contributed by atoms with van der Waals surface area (Å²) in [5.74, 6) is 0.341. The lowest BCUT2D eigenvalue weighted by Crippen LogP contribution is -2.23. The molecular weight excluding hydrogens is 515 g/mol. The number of benzene rings is 3. The Balaban J connectivity index is 1.69. The Kier molecular flexibility index (Phi) is 9.08. The number of esters is 1. The van der Waals surface area contributed by atoms with Crippen molar-refractivity contribution in [2.24, 2.45) is 0 Å². The molecular formula is C31H33O7P. The molecule has 0 amide bonds. The third kappa shape index (κ3) is 7.93. The van der Waals surface area contributed by atoms with Gasteiger partial charge in [-0.05, 0) is 69.2 Å². The van der Waals surface area contributed by atoms with Gasteiger partial charge in [0, 0.05) is 5.56 Å². The number of carbonyl (C=O) groups is 1. The molecule has 0 bridgehead atoms. The lowest BCUT2D eigenvalue weighted by molar-refractivity contribution is 0.00368. The van der Waals surface area contributed by atoms with E-state index in [2.05, 4.69) is 0 Å². The van der Waals surface area contributed by atoms with Crippen molar-refractivity contribution in [1.29, 1.82) is 0 Å². The van der Waals surface area contributed by atoms with Crippen LogP contribution in [-0.4, -0.2) is 18.2 Å². The monoisotopic (exact) mass is 548 g/mol. The highest BCUT2D eigenvalue weighted by Gasteiger charge is 2.30. The average molecular weight is 549 g/mol. The van der Waals surface area contributed by atoms with Gasteiger partial charge in [-0.1, -0.05) is 60.7 Å². The van der Waals surface area contributed by atoms with Crippen LogP contribution in [0, 0.1) is 0 Å². The molecule has 0 radical (unpaired) electrons. The Hall–Kier alpha value is -3.64. The number of carbonyl (C=O) groups excluding carboxylic acids is 1. The summed E-state index contributed by atoms with van der Waals surface area (Å²) >= 11 is 0. The largest absolute Gasteiger partial charge is 0.494 e. The zero-order valence-corrected chi connectivity index (χ0v) is 23.5. The fourth-order valence-electron chi connectivity index (χ4n) is 3.72. The van der Waals surface area contributed by atoms with E-state index in [4.69, 9.17) is 22.9 Å². The Bertz CT molecular complexity index is 1370. The van der Waals surface area contributed by atoms with Crippen molar-refractivity contribution in [2.75, 3.05) is 6.61 Å². The van der Waals surface area contributed by atoms with Gasteiger partial charge in [0.25, 0.3) is 0 Å². The second-order valence-corrected chi connectivity index (χ2v) is 11.9. The van der Waals surface area contributed by atoms with Crippen LogP contribution in [0.4, 0.5) is 0 Å². The lowest BCUT2D eigenvalue weighted by atomic mass is 10.1. The zero-order chi connectivity index (χ0) is 27.9. The van der Waals surface area contributed by atoms with E-state index >= 15 is 0 Å². The summed E-state index contributed by atoms with van der Waals surface area (Å²) in [5, 5.41) is 0.311. The van der Waals surface area contributed by atoms with Gasteiger partial charge >= 0.3 is 13.6 Å². The molecule has 0 aliphatic carbocycles. The normalized spacial score (nSPS) is 11.8. The second-order valence-electron chi connectivity index (χ2n) is 9.83.